The number of benzene rings is 1. The van der Waals surface area contributed by atoms with Crippen LogP contribution in [0.2, 0.25) is 5.02 Å². The minimum Gasteiger partial charge on any atom is -0.372 e. The number of rotatable bonds is 5. The van der Waals surface area contributed by atoms with Gasteiger partial charge in [-0.1, -0.05) is 25.4 Å². The molecule has 1 N–H and O–H groups in total. The fourth-order valence-corrected chi connectivity index (χ4v) is 3.66. The molecule has 0 spiro atoms. The zero-order chi connectivity index (χ0) is 18.7. The van der Waals surface area contributed by atoms with Gasteiger partial charge in [-0.25, -0.2) is 4.98 Å². The largest absolute Gasteiger partial charge is 0.372 e. The van der Waals surface area contributed by atoms with Gasteiger partial charge >= 0.3 is 0 Å². The lowest BCUT2D eigenvalue weighted by molar-refractivity contribution is 0.0922. The van der Waals surface area contributed by atoms with Crippen molar-refractivity contribution < 1.29 is 4.79 Å². The Morgan fingerprint density at radius 2 is 1.96 bits per heavy atom. The van der Waals surface area contributed by atoms with Crippen molar-refractivity contribution in [1.82, 2.24) is 14.9 Å². The summed E-state index contributed by atoms with van der Waals surface area (Å²) in [5, 5.41) is 3.60. The standard InChI is InChI=1S/C20H27ClN4O/c1-14(2)18(19-22-9-12-24(19)3)23-20(26)16-13-15(7-8-17(16)21)25-10-5-4-6-11-25/h7-9,12-14,18H,4-6,10-11H2,1-3H3,(H,23,26)/t18-/m0/s1. The van der Waals surface area contributed by atoms with Crippen LogP contribution < -0.4 is 10.2 Å². The van der Waals surface area contributed by atoms with E-state index >= 15 is 0 Å². The maximum Gasteiger partial charge on any atom is 0.253 e. The van der Waals surface area contributed by atoms with Crippen molar-refractivity contribution >= 4 is 23.2 Å². The van der Waals surface area contributed by atoms with Gasteiger partial charge in [0, 0.05) is 38.2 Å². The molecule has 0 bridgehead atoms. The Morgan fingerprint density at radius 1 is 1.23 bits per heavy atom. The average Bonchev–Trinajstić information content (AvgIpc) is 3.06. The van der Waals surface area contributed by atoms with Gasteiger partial charge in [-0.3, -0.25) is 4.79 Å². The molecule has 0 saturated carbocycles. The van der Waals surface area contributed by atoms with Gasteiger partial charge in [-0.15, -0.1) is 0 Å². The summed E-state index contributed by atoms with van der Waals surface area (Å²) in [5.74, 6) is 0.899. The molecule has 0 aliphatic carbocycles. The molecule has 0 radical (unpaired) electrons. The number of imidazole rings is 1. The Morgan fingerprint density at radius 3 is 2.58 bits per heavy atom. The molecule has 1 fully saturated rings. The third-order valence-corrected chi connectivity index (χ3v) is 5.34. The van der Waals surface area contributed by atoms with E-state index in [0.29, 0.717) is 10.6 Å². The number of amides is 1. The zero-order valence-corrected chi connectivity index (χ0v) is 16.5. The van der Waals surface area contributed by atoms with E-state index in [9.17, 15) is 4.79 Å². The number of anilines is 1. The summed E-state index contributed by atoms with van der Waals surface area (Å²) in [5.41, 5.74) is 1.59. The minimum atomic E-state index is -0.169. The van der Waals surface area contributed by atoms with Gasteiger partial charge in [-0.2, -0.15) is 0 Å². The maximum absolute atomic E-state index is 13.0. The van der Waals surface area contributed by atoms with Gasteiger partial charge in [0.2, 0.25) is 0 Å². The number of halogens is 1. The van der Waals surface area contributed by atoms with Crippen molar-refractivity contribution in [2.24, 2.45) is 13.0 Å². The molecule has 1 aliphatic rings. The van der Waals surface area contributed by atoms with E-state index in [0.717, 1.165) is 24.6 Å². The summed E-state index contributed by atoms with van der Waals surface area (Å²) < 4.78 is 1.94. The number of nitrogens with zero attached hydrogens (tertiary/aromatic N) is 3. The van der Waals surface area contributed by atoms with Crippen LogP contribution in [0.25, 0.3) is 0 Å². The third kappa shape index (κ3) is 4.04. The molecule has 6 heteroatoms. The molecular formula is C20H27ClN4O. The predicted molar refractivity (Wildman–Crippen MR) is 106 cm³/mol. The summed E-state index contributed by atoms with van der Waals surface area (Å²) in [6.07, 6.45) is 7.30. The first-order valence-electron chi connectivity index (χ1n) is 9.30. The Bertz CT molecular complexity index is 765. The highest BCUT2D eigenvalue weighted by molar-refractivity contribution is 6.34. The van der Waals surface area contributed by atoms with E-state index in [1.165, 1.54) is 19.3 Å². The number of carbonyl (C=O) groups excluding carboxylic acids is 1. The fraction of sp³-hybridized carbons (Fsp3) is 0.500. The average molecular weight is 375 g/mol. The molecule has 1 atom stereocenters. The molecule has 1 amide bonds. The molecule has 2 aromatic rings. The fourth-order valence-electron chi connectivity index (χ4n) is 3.46. The molecule has 26 heavy (non-hydrogen) atoms. The van der Waals surface area contributed by atoms with E-state index in [2.05, 4.69) is 29.0 Å². The van der Waals surface area contributed by atoms with E-state index in [4.69, 9.17) is 11.6 Å². The van der Waals surface area contributed by atoms with E-state index in [1.807, 2.05) is 36.0 Å². The molecule has 1 aliphatic heterocycles. The van der Waals surface area contributed by atoms with Crippen LogP contribution in [-0.2, 0) is 7.05 Å². The van der Waals surface area contributed by atoms with Gasteiger partial charge in [-0.05, 0) is 43.4 Å². The molecular weight excluding hydrogens is 348 g/mol. The number of carbonyl (C=O) groups is 1. The van der Waals surface area contributed by atoms with Crippen molar-refractivity contribution in [2.45, 2.75) is 39.2 Å². The number of piperidine rings is 1. The first-order valence-corrected chi connectivity index (χ1v) is 9.67. The number of nitrogens with one attached hydrogen (secondary N) is 1. The second kappa shape index (κ2) is 8.12. The van der Waals surface area contributed by atoms with Crippen LogP contribution in [0.1, 0.15) is 55.3 Å². The molecule has 0 unspecified atom stereocenters. The summed E-state index contributed by atoms with van der Waals surface area (Å²) in [6.45, 7) is 6.21. The highest BCUT2D eigenvalue weighted by atomic mass is 35.5. The first kappa shape index (κ1) is 18.8. The molecule has 5 nitrogen and oxygen atoms in total. The zero-order valence-electron chi connectivity index (χ0n) is 15.7. The van der Waals surface area contributed by atoms with Crippen LogP contribution in [0.3, 0.4) is 0 Å². The highest BCUT2D eigenvalue weighted by Crippen LogP contribution is 2.27. The Kier molecular flexibility index (Phi) is 5.87. The molecule has 1 aromatic carbocycles. The lowest BCUT2D eigenvalue weighted by Crippen LogP contribution is -2.34. The van der Waals surface area contributed by atoms with Gasteiger partial charge in [0.15, 0.2) is 0 Å². The van der Waals surface area contributed by atoms with Crippen molar-refractivity contribution in [2.75, 3.05) is 18.0 Å². The quantitative estimate of drug-likeness (QED) is 0.853. The second-order valence-corrected chi connectivity index (χ2v) is 7.71. The molecule has 3 rings (SSSR count). The molecule has 140 valence electrons. The highest BCUT2D eigenvalue weighted by Gasteiger charge is 2.24. The van der Waals surface area contributed by atoms with Crippen molar-refractivity contribution in [1.29, 1.82) is 0 Å². The Labute approximate surface area is 160 Å². The van der Waals surface area contributed by atoms with Crippen LogP contribution in [0.4, 0.5) is 5.69 Å². The number of aromatic nitrogens is 2. The summed E-state index contributed by atoms with van der Waals surface area (Å²) in [7, 11) is 1.94. The van der Waals surface area contributed by atoms with Crippen LogP contribution in [-0.4, -0.2) is 28.5 Å². The van der Waals surface area contributed by atoms with Gasteiger partial charge < -0.3 is 14.8 Å². The monoisotopic (exact) mass is 374 g/mol. The molecule has 2 heterocycles. The maximum atomic E-state index is 13.0. The first-order chi connectivity index (χ1) is 12.5. The SMILES string of the molecule is CC(C)[C@H](NC(=O)c1cc(N2CCCCC2)ccc1Cl)c1nccn1C. The van der Waals surface area contributed by atoms with Crippen LogP contribution >= 0.6 is 11.6 Å². The predicted octanol–water partition coefficient (Wildman–Crippen LogP) is 4.19. The normalized spacial score (nSPS) is 16.0. The van der Waals surface area contributed by atoms with E-state index < -0.39 is 0 Å². The van der Waals surface area contributed by atoms with Crippen molar-refractivity contribution in [3.63, 3.8) is 0 Å². The molecule has 1 saturated heterocycles. The number of hydrogen-bond acceptors (Lipinski definition) is 3. The summed E-state index contributed by atoms with van der Waals surface area (Å²) >= 11 is 6.35. The summed E-state index contributed by atoms with van der Waals surface area (Å²) in [4.78, 5) is 19.7. The van der Waals surface area contributed by atoms with Crippen molar-refractivity contribution in [3.8, 4) is 0 Å². The van der Waals surface area contributed by atoms with E-state index in [-0.39, 0.29) is 17.9 Å². The van der Waals surface area contributed by atoms with Crippen LogP contribution in [0.15, 0.2) is 30.6 Å². The third-order valence-electron chi connectivity index (χ3n) is 5.01. The number of aryl methyl sites for hydroxylation is 1. The Balaban J connectivity index is 1.83. The van der Waals surface area contributed by atoms with Gasteiger partial charge in [0.1, 0.15) is 5.82 Å². The van der Waals surface area contributed by atoms with Crippen molar-refractivity contribution in [3.05, 3.63) is 47.0 Å². The van der Waals surface area contributed by atoms with Crippen LogP contribution in [0.5, 0.6) is 0 Å². The van der Waals surface area contributed by atoms with E-state index in [1.54, 1.807) is 6.20 Å². The lowest BCUT2D eigenvalue weighted by atomic mass is 10.0. The van der Waals surface area contributed by atoms with Gasteiger partial charge in [0.05, 0.1) is 16.6 Å². The lowest BCUT2D eigenvalue weighted by Gasteiger charge is -2.29. The smallest absolute Gasteiger partial charge is 0.253 e. The summed E-state index contributed by atoms with van der Waals surface area (Å²) in [6, 6.07) is 5.57. The minimum absolute atomic E-state index is 0.157. The second-order valence-electron chi connectivity index (χ2n) is 7.30. The van der Waals surface area contributed by atoms with Crippen LogP contribution in [0, 0.1) is 5.92 Å². The number of hydrogen-bond donors (Lipinski definition) is 1. The molecule has 1 aromatic heterocycles. The Hall–Kier alpha value is -2.01. The topological polar surface area (TPSA) is 50.2 Å². The van der Waals surface area contributed by atoms with Gasteiger partial charge in [0.25, 0.3) is 5.91 Å².